The summed E-state index contributed by atoms with van der Waals surface area (Å²) in [5, 5.41) is 86.2. The average Bonchev–Trinajstić information content (AvgIpc) is 2.60. The minimum atomic E-state index is -1.78. The molecule has 0 aromatic carbocycles. The summed E-state index contributed by atoms with van der Waals surface area (Å²) in [5.74, 6) is 0. The van der Waals surface area contributed by atoms with Gasteiger partial charge in [-0.3, -0.25) is 0 Å². The Morgan fingerprint density at radius 3 is 1.96 bits per heavy atom. The van der Waals surface area contributed by atoms with Crippen molar-refractivity contribution in [3.05, 3.63) is 0 Å². The number of aliphatic hydroxyl groups excluding tert-OH is 9. The standard InChI is InChI=1S/C13H24O12/c14-1-3(15)11-8(19)7(18)10(21)13(25-11)23-2-4-5(16)6(17)9(20)12(22)24-4/h3-22H,1-2H2/t3-,4-,5-,6+,7+,8+,9-,10+,11-,12-,13+/m1/s1. The van der Waals surface area contributed by atoms with Crippen molar-refractivity contribution in [3.8, 4) is 0 Å². The summed E-state index contributed by atoms with van der Waals surface area (Å²) in [5.41, 5.74) is 0. The molecule has 11 atom stereocenters. The van der Waals surface area contributed by atoms with Crippen LogP contribution in [0.1, 0.15) is 0 Å². The lowest BCUT2D eigenvalue weighted by atomic mass is 9.95. The zero-order valence-corrected chi connectivity index (χ0v) is 13.0. The van der Waals surface area contributed by atoms with Crippen molar-refractivity contribution >= 4 is 0 Å². The monoisotopic (exact) mass is 372 g/mol. The highest BCUT2D eigenvalue weighted by molar-refractivity contribution is 4.93. The van der Waals surface area contributed by atoms with E-state index in [4.69, 9.17) is 19.3 Å². The molecule has 2 fully saturated rings. The average molecular weight is 372 g/mol. The molecular formula is C13H24O12. The minimum absolute atomic E-state index is 0.533. The molecule has 0 bridgehead atoms. The molecule has 0 amide bonds. The van der Waals surface area contributed by atoms with Crippen LogP contribution in [0.5, 0.6) is 0 Å². The topological polar surface area (TPSA) is 210 Å². The fourth-order valence-corrected chi connectivity index (χ4v) is 2.69. The lowest BCUT2D eigenvalue weighted by molar-refractivity contribution is -0.331. The molecule has 0 unspecified atom stereocenters. The van der Waals surface area contributed by atoms with E-state index in [2.05, 4.69) is 0 Å². The SMILES string of the molecule is OC[C@@H](O)[C@H]1O[C@H](OC[C@H]2O[C@@H](O)[C@H](O)[C@@H](O)[C@@H]2O)[C@@H](O)[C@@H](O)[C@@H]1O. The van der Waals surface area contributed by atoms with Crippen molar-refractivity contribution in [2.45, 2.75) is 67.5 Å². The fraction of sp³-hybridized carbons (Fsp3) is 1.00. The van der Waals surface area contributed by atoms with Gasteiger partial charge in [0.1, 0.15) is 54.9 Å². The molecule has 148 valence electrons. The molecule has 0 saturated carbocycles. The van der Waals surface area contributed by atoms with Crippen LogP contribution in [0.25, 0.3) is 0 Å². The van der Waals surface area contributed by atoms with E-state index in [1.54, 1.807) is 0 Å². The molecule has 0 radical (unpaired) electrons. The minimum Gasteiger partial charge on any atom is -0.394 e. The third kappa shape index (κ3) is 4.27. The molecule has 2 aliphatic rings. The molecule has 12 heteroatoms. The van der Waals surface area contributed by atoms with Crippen LogP contribution in [0.2, 0.25) is 0 Å². The first-order valence-electron chi connectivity index (χ1n) is 7.67. The lowest BCUT2D eigenvalue weighted by Crippen LogP contribution is -2.63. The van der Waals surface area contributed by atoms with Gasteiger partial charge < -0.3 is 60.2 Å². The Morgan fingerprint density at radius 1 is 0.760 bits per heavy atom. The highest BCUT2D eigenvalue weighted by atomic mass is 16.7. The number of ether oxygens (including phenoxy) is 3. The van der Waals surface area contributed by atoms with Crippen LogP contribution in [-0.2, 0) is 14.2 Å². The molecule has 12 nitrogen and oxygen atoms in total. The van der Waals surface area contributed by atoms with Crippen LogP contribution in [0.15, 0.2) is 0 Å². The van der Waals surface area contributed by atoms with Gasteiger partial charge >= 0.3 is 0 Å². The van der Waals surface area contributed by atoms with Gasteiger partial charge in [0.25, 0.3) is 0 Å². The Morgan fingerprint density at radius 2 is 1.36 bits per heavy atom. The van der Waals surface area contributed by atoms with Crippen molar-refractivity contribution in [1.82, 2.24) is 0 Å². The van der Waals surface area contributed by atoms with Crippen molar-refractivity contribution in [2.24, 2.45) is 0 Å². The Hall–Kier alpha value is -0.480. The maximum atomic E-state index is 9.88. The first kappa shape index (κ1) is 20.8. The summed E-state index contributed by atoms with van der Waals surface area (Å²) in [6.45, 7) is -1.31. The molecule has 0 aliphatic carbocycles. The second-order valence-electron chi connectivity index (χ2n) is 6.06. The fourth-order valence-electron chi connectivity index (χ4n) is 2.69. The van der Waals surface area contributed by atoms with Gasteiger partial charge in [0.05, 0.1) is 13.2 Å². The van der Waals surface area contributed by atoms with Gasteiger partial charge in [0.15, 0.2) is 12.6 Å². The van der Waals surface area contributed by atoms with Gasteiger partial charge in [-0.1, -0.05) is 0 Å². The number of hydrogen-bond donors (Lipinski definition) is 9. The maximum absolute atomic E-state index is 9.88. The highest BCUT2D eigenvalue weighted by Crippen LogP contribution is 2.26. The van der Waals surface area contributed by atoms with E-state index in [0.717, 1.165) is 0 Å². The van der Waals surface area contributed by atoms with Crippen molar-refractivity contribution < 1.29 is 60.2 Å². The zero-order valence-electron chi connectivity index (χ0n) is 13.0. The van der Waals surface area contributed by atoms with Crippen LogP contribution in [-0.4, -0.2) is 127 Å². The highest BCUT2D eigenvalue weighted by Gasteiger charge is 2.48. The summed E-state index contributed by atoms with van der Waals surface area (Å²) in [6.07, 6.45) is -17.9. The Labute approximate surface area is 142 Å². The first-order chi connectivity index (χ1) is 11.7. The third-order valence-electron chi connectivity index (χ3n) is 4.28. The van der Waals surface area contributed by atoms with Crippen LogP contribution in [0.4, 0.5) is 0 Å². The van der Waals surface area contributed by atoms with Crippen LogP contribution < -0.4 is 0 Å². The summed E-state index contributed by atoms with van der Waals surface area (Å²) in [4.78, 5) is 0. The Kier molecular flexibility index (Phi) is 7.06. The maximum Gasteiger partial charge on any atom is 0.186 e. The first-order valence-corrected chi connectivity index (χ1v) is 7.67. The second kappa shape index (κ2) is 8.47. The predicted molar refractivity (Wildman–Crippen MR) is 74.6 cm³/mol. The largest absolute Gasteiger partial charge is 0.394 e. The number of rotatable bonds is 5. The van der Waals surface area contributed by atoms with Crippen molar-refractivity contribution in [3.63, 3.8) is 0 Å². The van der Waals surface area contributed by atoms with E-state index < -0.39 is 80.7 Å². The molecule has 2 heterocycles. The Bertz CT molecular complexity index is 424. The van der Waals surface area contributed by atoms with Crippen LogP contribution in [0.3, 0.4) is 0 Å². The van der Waals surface area contributed by atoms with E-state index >= 15 is 0 Å². The molecule has 9 N–H and O–H groups in total. The molecule has 25 heavy (non-hydrogen) atoms. The molecule has 2 aliphatic heterocycles. The molecule has 0 aromatic heterocycles. The normalized spacial score (nSPS) is 49.8. The van der Waals surface area contributed by atoms with Crippen molar-refractivity contribution in [2.75, 3.05) is 13.2 Å². The van der Waals surface area contributed by atoms with Gasteiger partial charge in [-0.15, -0.1) is 0 Å². The zero-order chi connectivity index (χ0) is 18.9. The third-order valence-corrected chi connectivity index (χ3v) is 4.28. The lowest BCUT2D eigenvalue weighted by Gasteiger charge is -2.43. The van der Waals surface area contributed by atoms with E-state index in [1.165, 1.54) is 0 Å². The number of hydrogen-bond acceptors (Lipinski definition) is 12. The van der Waals surface area contributed by atoms with E-state index in [0.29, 0.717) is 0 Å². The van der Waals surface area contributed by atoms with Crippen molar-refractivity contribution in [1.29, 1.82) is 0 Å². The van der Waals surface area contributed by atoms with E-state index in [1.807, 2.05) is 0 Å². The van der Waals surface area contributed by atoms with Gasteiger partial charge in [-0.2, -0.15) is 0 Å². The molecular weight excluding hydrogens is 348 g/mol. The summed E-state index contributed by atoms with van der Waals surface area (Å²) in [7, 11) is 0. The van der Waals surface area contributed by atoms with E-state index in [-0.39, 0.29) is 0 Å². The van der Waals surface area contributed by atoms with Gasteiger partial charge in [-0.05, 0) is 0 Å². The second-order valence-corrected chi connectivity index (χ2v) is 6.06. The smallest absolute Gasteiger partial charge is 0.186 e. The molecule has 0 aromatic rings. The van der Waals surface area contributed by atoms with E-state index in [9.17, 15) is 40.9 Å². The predicted octanol–water partition coefficient (Wildman–Crippen LogP) is -6.04. The van der Waals surface area contributed by atoms with Gasteiger partial charge in [-0.25, -0.2) is 0 Å². The van der Waals surface area contributed by atoms with Gasteiger partial charge in [0, 0.05) is 0 Å². The van der Waals surface area contributed by atoms with Crippen LogP contribution in [0, 0.1) is 0 Å². The summed E-state index contributed by atoms with van der Waals surface area (Å²) < 4.78 is 15.2. The van der Waals surface area contributed by atoms with Crippen LogP contribution >= 0.6 is 0 Å². The van der Waals surface area contributed by atoms with Gasteiger partial charge in [0.2, 0.25) is 0 Å². The quantitative estimate of drug-likeness (QED) is 0.221. The molecule has 2 rings (SSSR count). The summed E-state index contributed by atoms with van der Waals surface area (Å²) >= 11 is 0. The Balaban J connectivity index is 1.99. The molecule has 0 spiro atoms. The summed E-state index contributed by atoms with van der Waals surface area (Å²) in [6, 6.07) is 0. The molecule has 2 saturated heterocycles. The number of aliphatic hydroxyl groups is 9.